The van der Waals surface area contributed by atoms with Crippen molar-refractivity contribution in [3.63, 3.8) is 0 Å². The van der Waals surface area contributed by atoms with Gasteiger partial charge in [0.1, 0.15) is 5.82 Å². The van der Waals surface area contributed by atoms with Crippen LogP contribution in [0, 0.1) is 6.92 Å². The number of hydrogen-bond acceptors (Lipinski definition) is 5. The van der Waals surface area contributed by atoms with Crippen molar-refractivity contribution in [3.05, 3.63) is 18.5 Å². The van der Waals surface area contributed by atoms with E-state index in [9.17, 15) is 0 Å². The second-order valence-electron chi connectivity index (χ2n) is 3.13. The maximum atomic E-state index is 5.49. The van der Waals surface area contributed by atoms with Crippen molar-refractivity contribution in [1.82, 2.24) is 15.0 Å². The molecule has 1 unspecified atom stereocenters. The lowest BCUT2D eigenvalue weighted by Crippen LogP contribution is -2.17. The van der Waals surface area contributed by atoms with E-state index in [4.69, 9.17) is 5.73 Å². The first-order valence-electron chi connectivity index (χ1n) is 4.47. The van der Waals surface area contributed by atoms with Crippen LogP contribution in [0.25, 0.3) is 0 Å². The van der Waals surface area contributed by atoms with Crippen molar-refractivity contribution >= 4 is 11.9 Å². The van der Waals surface area contributed by atoms with Crippen molar-refractivity contribution in [2.75, 3.05) is 11.1 Å². The Bertz CT molecular complexity index is 303. The van der Waals surface area contributed by atoms with Gasteiger partial charge in [0, 0.05) is 6.04 Å². The van der Waals surface area contributed by atoms with Crippen LogP contribution in [0.5, 0.6) is 0 Å². The van der Waals surface area contributed by atoms with Crippen molar-refractivity contribution in [2.24, 2.45) is 0 Å². The molecule has 3 N–H and O–H groups in total. The van der Waals surface area contributed by atoms with Gasteiger partial charge in [0.2, 0.25) is 11.9 Å². The van der Waals surface area contributed by atoms with E-state index in [0.29, 0.717) is 11.8 Å². The summed E-state index contributed by atoms with van der Waals surface area (Å²) in [6, 6.07) is 0.244. The molecular formula is C9H15N5. The molecule has 1 heterocycles. The molecule has 0 saturated carbocycles. The molecule has 0 aliphatic heterocycles. The Morgan fingerprint density at radius 3 is 2.79 bits per heavy atom. The minimum absolute atomic E-state index is 0.241. The number of nitrogens with zero attached hydrogens (tertiary/aromatic N) is 3. The molecule has 0 amide bonds. The van der Waals surface area contributed by atoms with E-state index in [1.54, 1.807) is 6.92 Å². The molecule has 5 heteroatoms. The maximum Gasteiger partial charge on any atom is 0.227 e. The summed E-state index contributed by atoms with van der Waals surface area (Å²) in [5, 5.41) is 3.11. The second kappa shape index (κ2) is 4.55. The lowest BCUT2D eigenvalue weighted by Gasteiger charge is -2.11. The fraction of sp³-hybridized carbons (Fsp3) is 0.444. The van der Waals surface area contributed by atoms with Crippen molar-refractivity contribution in [1.29, 1.82) is 0 Å². The van der Waals surface area contributed by atoms with E-state index in [-0.39, 0.29) is 12.0 Å². The Labute approximate surface area is 83.5 Å². The molecule has 1 atom stereocenters. The smallest absolute Gasteiger partial charge is 0.227 e. The molecule has 0 aliphatic carbocycles. The lowest BCUT2D eigenvalue weighted by atomic mass is 10.2. The van der Waals surface area contributed by atoms with Crippen LogP contribution in [0.4, 0.5) is 11.9 Å². The topological polar surface area (TPSA) is 76.7 Å². The van der Waals surface area contributed by atoms with Crippen LogP contribution in [-0.4, -0.2) is 21.0 Å². The molecule has 5 nitrogen and oxygen atoms in total. The molecule has 14 heavy (non-hydrogen) atoms. The zero-order valence-electron chi connectivity index (χ0n) is 8.49. The average Bonchev–Trinajstić information content (AvgIpc) is 2.01. The number of aromatic nitrogens is 3. The summed E-state index contributed by atoms with van der Waals surface area (Å²) in [7, 11) is 0. The molecule has 0 bridgehead atoms. The summed E-state index contributed by atoms with van der Waals surface area (Å²) in [6.45, 7) is 7.46. The van der Waals surface area contributed by atoms with Crippen molar-refractivity contribution in [2.45, 2.75) is 26.3 Å². The molecule has 0 spiro atoms. The number of rotatable bonds is 4. The second-order valence-corrected chi connectivity index (χ2v) is 3.13. The molecule has 0 aromatic carbocycles. The highest BCUT2D eigenvalue weighted by Crippen LogP contribution is 2.05. The van der Waals surface area contributed by atoms with Gasteiger partial charge in [-0.05, 0) is 20.3 Å². The van der Waals surface area contributed by atoms with E-state index in [2.05, 4.69) is 26.8 Å². The van der Waals surface area contributed by atoms with Gasteiger partial charge >= 0.3 is 0 Å². The van der Waals surface area contributed by atoms with E-state index < -0.39 is 0 Å². The molecule has 0 aliphatic rings. The molecule has 1 aromatic rings. The largest absolute Gasteiger partial charge is 0.368 e. The Hall–Kier alpha value is -1.65. The molecule has 1 rings (SSSR count). The van der Waals surface area contributed by atoms with Gasteiger partial charge < -0.3 is 11.1 Å². The van der Waals surface area contributed by atoms with E-state index in [0.717, 1.165) is 6.42 Å². The summed E-state index contributed by atoms with van der Waals surface area (Å²) in [6.07, 6.45) is 2.69. The first-order valence-corrected chi connectivity index (χ1v) is 4.47. The van der Waals surface area contributed by atoms with E-state index in [1.165, 1.54) is 0 Å². The monoisotopic (exact) mass is 193 g/mol. The third kappa shape index (κ3) is 3.01. The predicted molar refractivity (Wildman–Crippen MR) is 56.9 cm³/mol. The number of hydrogen-bond donors (Lipinski definition) is 2. The highest BCUT2D eigenvalue weighted by Gasteiger charge is 2.04. The van der Waals surface area contributed by atoms with Crippen LogP contribution < -0.4 is 11.1 Å². The predicted octanol–water partition coefficient (Wildman–Crippen LogP) is 1.14. The van der Waals surface area contributed by atoms with Gasteiger partial charge in [-0.3, -0.25) is 0 Å². The fourth-order valence-corrected chi connectivity index (χ4v) is 1.10. The van der Waals surface area contributed by atoms with Gasteiger partial charge in [-0.15, -0.1) is 6.58 Å². The van der Waals surface area contributed by atoms with Crippen molar-refractivity contribution < 1.29 is 0 Å². The third-order valence-corrected chi connectivity index (χ3v) is 1.66. The van der Waals surface area contributed by atoms with Gasteiger partial charge in [-0.1, -0.05) is 6.08 Å². The molecule has 1 aromatic heterocycles. The molecule has 0 saturated heterocycles. The Balaban J connectivity index is 2.71. The van der Waals surface area contributed by atoms with Gasteiger partial charge in [0.25, 0.3) is 0 Å². The van der Waals surface area contributed by atoms with Gasteiger partial charge in [-0.25, -0.2) is 0 Å². The van der Waals surface area contributed by atoms with Crippen LogP contribution in [-0.2, 0) is 0 Å². The Morgan fingerprint density at radius 1 is 1.50 bits per heavy atom. The zero-order valence-corrected chi connectivity index (χ0v) is 8.49. The fourth-order valence-electron chi connectivity index (χ4n) is 1.10. The minimum Gasteiger partial charge on any atom is -0.368 e. The molecule has 0 radical (unpaired) electrons. The number of aryl methyl sites for hydroxylation is 1. The highest BCUT2D eigenvalue weighted by atomic mass is 15.2. The average molecular weight is 193 g/mol. The molecular weight excluding hydrogens is 178 g/mol. The summed E-state index contributed by atoms with van der Waals surface area (Å²) < 4.78 is 0. The van der Waals surface area contributed by atoms with E-state index in [1.807, 2.05) is 13.0 Å². The van der Waals surface area contributed by atoms with Crippen LogP contribution in [0.3, 0.4) is 0 Å². The highest BCUT2D eigenvalue weighted by molar-refractivity contribution is 5.31. The Morgan fingerprint density at radius 2 is 2.21 bits per heavy atom. The van der Waals surface area contributed by atoms with Crippen LogP contribution in [0.1, 0.15) is 19.2 Å². The number of nitrogen functional groups attached to an aromatic ring is 1. The normalized spacial score (nSPS) is 12.1. The van der Waals surface area contributed by atoms with Crippen molar-refractivity contribution in [3.8, 4) is 0 Å². The van der Waals surface area contributed by atoms with Gasteiger partial charge in [-0.2, -0.15) is 15.0 Å². The summed E-state index contributed by atoms with van der Waals surface area (Å²) in [5.41, 5.74) is 5.49. The molecule has 76 valence electrons. The van der Waals surface area contributed by atoms with E-state index >= 15 is 0 Å². The van der Waals surface area contributed by atoms with Crippen LogP contribution >= 0.6 is 0 Å². The third-order valence-electron chi connectivity index (χ3n) is 1.66. The minimum atomic E-state index is 0.241. The summed E-state index contributed by atoms with van der Waals surface area (Å²) in [5.74, 6) is 1.38. The summed E-state index contributed by atoms with van der Waals surface area (Å²) in [4.78, 5) is 12.0. The lowest BCUT2D eigenvalue weighted by molar-refractivity contribution is 0.793. The van der Waals surface area contributed by atoms with Crippen LogP contribution in [0.15, 0.2) is 12.7 Å². The number of anilines is 2. The van der Waals surface area contributed by atoms with Gasteiger partial charge in [0.05, 0.1) is 0 Å². The first kappa shape index (κ1) is 10.4. The maximum absolute atomic E-state index is 5.49. The standard InChI is InChI=1S/C9H15N5/c1-4-5-6(2)11-9-13-7(3)12-8(10)14-9/h4,6H,1,5H2,2-3H3,(H3,10,11,12,13,14). The quantitative estimate of drug-likeness (QED) is 0.701. The SMILES string of the molecule is C=CCC(C)Nc1nc(C)nc(N)n1. The van der Waals surface area contributed by atoms with Gasteiger partial charge in [0.15, 0.2) is 0 Å². The number of nitrogens with one attached hydrogen (secondary N) is 1. The number of nitrogens with two attached hydrogens (primary N) is 1. The molecule has 0 fully saturated rings. The van der Waals surface area contributed by atoms with Crippen LogP contribution in [0.2, 0.25) is 0 Å². The Kier molecular flexibility index (Phi) is 3.39. The summed E-state index contributed by atoms with van der Waals surface area (Å²) >= 11 is 0. The zero-order chi connectivity index (χ0) is 10.6. The first-order chi connectivity index (χ1) is 6.61.